The number of hydrogen-bond acceptors (Lipinski definition) is 3. The zero-order valence-electron chi connectivity index (χ0n) is 14.6. The van der Waals surface area contributed by atoms with Gasteiger partial charge in [0.1, 0.15) is 17.1 Å². The third kappa shape index (κ3) is 2.83. The molecule has 0 radical (unpaired) electrons. The predicted octanol–water partition coefficient (Wildman–Crippen LogP) is 4.20. The molecule has 2 aliphatic carbocycles. The minimum Gasteiger partial charge on any atom is -0.339 e. The lowest BCUT2D eigenvalue weighted by Gasteiger charge is -2.20. The number of nitrogens with zero attached hydrogens (tertiary/aromatic N) is 2. The SMILES string of the molecule is O=C(Nc1ccc2c(c1)CCC2)c1cnn2c1NC(=C1CC1)C=C2C(F)F. The standard InChI is InChI=1S/C20H18F2N4O/c21-18(22)17-9-16(12-4-5-12)25-19-15(10-23-26(17)19)20(27)24-14-7-6-11-2-1-3-13(11)8-14/h6-10,18,25H,1-5H2,(H,24,27). The molecule has 1 saturated carbocycles. The van der Waals surface area contributed by atoms with E-state index in [1.54, 1.807) is 0 Å². The number of rotatable bonds is 3. The molecule has 5 nitrogen and oxygen atoms in total. The average Bonchev–Trinajstić information content (AvgIpc) is 3.24. The van der Waals surface area contributed by atoms with E-state index in [4.69, 9.17) is 0 Å². The summed E-state index contributed by atoms with van der Waals surface area (Å²) in [5.41, 5.74) is 5.07. The molecular weight excluding hydrogens is 350 g/mol. The Morgan fingerprint density at radius 2 is 2.00 bits per heavy atom. The van der Waals surface area contributed by atoms with Crippen LogP contribution in [0.15, 0.2) is 41.7 Å². The minimum atomic E-state index is -2.67. The van der Waals surface area contributed by atoms with Gasteiger partial charge in [-0.25, -0.2) is 13.5 Å². The summed E-state index contributed by atoms with van der Waals surface area (Å²) in [6.07, 6.45) is 5.09. The van der Waals surface area contributed by atoms with E-state index in [9.17, 15) is 13.6 Å². The fraction of sp³-hybridized carbons (Fsp3) is 0.300. The molecule has 1 aromatic carbocycles. The molecule has 2 aromatic rings. The molecule has 1 amide bonds. The van der Waals surface area contributed by atoms with Gasteiger partial charge in [0.05, 0.1) is 6.20 Å². The van der Waals surface area contributed by atoms with Gasteiger partial charge in [0.2, 0.25) is 0 Å². The largest absolute Gasteiger partial charge is 0.339 e. The number of allylic oxidation sites excluding steroid dienone is 3. The second kappa shape index (κ2) is 6.04. The van der Waals surface area contributed by atoms with Gasteiger partial charge in [-0.15, -0.1) is 0 Å². The maximum absolute atomic E-state index is 13.5. The highest BCUT2D eigenvalue weighted by Crippen LogP contribution is 2.38. The fourth-order valence-corrected chi connectivity index (χ4v) is 3.73. The molecule has 138 valence electrons. The van der Waals surface area contributed by atoms with Gasteiger partial charge in [-0.05, 0) is 67.0 Å². The molecule has 27 heavy (non-hydrogen) atoms. The molecule has 1 aromatic heterocycles. The van der Waals surface area contributed by atoms with Gasteiger partial charge in [-0.1, -0.05) is 6.07 Å². The Labute approximate surface area is 154 Å². The Morgan fingerprint density at radius 1 is 1.19 bits per heavy atom. The van der Waals surface area contributed by atoms with Crippen LogP contribution in [0.5, 0.6) is 0 Å². The summed E-state index contributed by atoms with van der Waals surface area (Å²) in [6.45, 7) is 0. The van der Waals surface area contributed by atoms with Crippen molar-refractivity contribution >= 4 is 23.1 Å². The molecule has 0 unspecified atom stereocenters. The lowest BCUT2D eigenvalue weighted by Crippen LogP contribution is -2.20. The highest BCUT2D eigenvalue weighted by molar-refractivity contribution is 6.08. The number of aryl methyl sites for hydroxylation is 2. The summed E-state index contributed by atoms with van der Waals surface area (Å²) in [5.74, 6) is -0.0711. The smallest absolute Gasteiger partial charge is 0.280 e. The zero-order valence-corrected chi connectivity index (χ0v) is 14.6. The van der Waals surface area contributed by atoms with Crippen molar-refractivity contribution in [1.29, 1.82) is 0 Å². The van der Waals surface area contributed by atoms with Crippen molar-refractivity contribution in [1.82, 2.24) is 9.78 Å². The van der Waals surface area contributed by atoms with Crippen LogP contribution in [0.1, 0.15) is 40.7 Å². The van der Waals surface area contributed by atoms with Crippen LogP contribution in [0.2, 0.25) is 0 Å². The number of alkyl halides is 2. The molecule has 0 spiro atoms. The number of benzene rings is 1. The Kier molecular flexibility index (Phi) is 3.63. The third-order valence-corrected chi connectivity index (χ3v) is 5.26. The number of carbonyl (C=O) groups excluding carboxylic acids is 1. The lowest BCUT2D eigenvalue weighted by atomic mass is 10.1. The van der Waals surface area contributed by atoms with E-state index in [0.29, 0.717) is 17.2 Å². The number of nitrogens with one attached hydrogen (secondary N) is 2. The molecule has 2 N–H and O–H groups in total. The van der Waals surface area contributed by atoms with Crippen LogP contribution in [-0.2, 0) is 12.8 Å². The van der Waals surface area contributed by atoms with Crippen molar-refractivity contribution in [2.75, 3.05) is 10.6 Å². The highest BCUT2D eigenvalue weighted by atomic mass is 19.3. The summed E-state index contributed by atoms with van der Waals surface area (Å²) in [5, 5.41) is 10.00. The van der Waals surface area contributed by atoms with Gasteiger partial charge in [-0.3, -0.25) is 4.79 Å². The highest BCUT2D eigenvalue weighted by Gasteiger charge is 2.30. The molecule has 0 saturated heterocycles. The normalized spacial score (nSPS) is 17.4. The minimum absolute atomic E-state index is 0.213. The maximum atomic E-state index is 13.5. The number of carbonyl (C=O) groups is 1. The first-order valence-electron chi connectivity index (χ1n) is 9.10. The number of fused-ring (bicyclic) bond motifs is 2. The van der Waals surface area contributed by atoms with Gasteiger partial charge in [0, 0.05) is 11.4 Å². The number of amides is 1. The molecule has 5 rings (SSSR count). The van der Waals surface area contributed by atoms with Crippen LogP contribution in [0.25, 0.3) is 5.70 Å². The van der Waals surface area contributed by atoms with Crippen molar-refractivity contribution < 1.29 is 13.6 Å². The maximum Gasteiger partial charge on any atom is 0.280 e. The molecule has 1 aliphatic heterocycles. The van der Waals surface area contributed by atoms with Gasteiger partial charge in [0.25, 0.3) is 12.3 Å². The second-order valence-corrected chi connectivity index (χ2v) is 7.12. The summed E-state index contributed by atoms with van der Waals surface area (Å²) < 4.78 is 28.0. The quantitative estimate of drug-likeness (QED) is 0.854. The summed E-state index contributed by atoms with van der Waals surface area (Å²) in [4.78, 5) is 12.8. The van der Waals surface area contributed by atoms with E-state index in [0.717, 1.165) is 42.4 Å². The van der Waals surface area contributed by atoms with Gasteiger partial charge >= 0.3 is 0 Å². The van der Waals surface area contributed by atoms with Crippen LogP contribution >= 0.6 is 0 Å². The number of halogens is 2. The fourth-order valence-electron chi connectivity index (χ4n) is 3.73. The van der Waals surface area contributed by atoms with Gasteiger partial charge in [0.15, 0.2) is 0 Å². The number of aromatic nitrogens is 2. The predicted molar refractivity (Wildman–Crippen MR) is 98.8 cm³/mol. The first-order chi connectivity index (χ1) is 13.1. The van der Waals surface area contributed by atoms with E-state index in [1.165, 1.54) is 23.4 Å². The average molecular weight is 368 g/mol. The van der Waals surface area contributed by atoms with E-state index in [1.807, 2.05) is 18.2 Å². The summed E-state index contributed by atoms with van der Waals surface area (Å²) >= 11 is 0. The van der Waals surface area contributed by atoms with Crippen molar-refractivity contribution in [2.45, 2.75) is 38.5 Å². The van der Waals surface area contributed by atoms with Crippen molar-refractivity contribution in [2.24, 2.45) is 0 Å². The van der Waals surface area contributed by atoms with Crippen LogP contribution in [0.4, 0.5) is 20.3 Å². The number of hydrogen-bond donors (Lipinski definition) is 2. The second-order valence-electron chi connectivity index (χ2n) is 7.12. The first-order valence-corrected chi connectivity index (χ1v) is 9.10. The zero-order chi connectivity index (χ0) is 18.5. The van der Waals surface area contributed by atoms with Crippen LogP contribution in [0.3, 0.4) is 0 Å². The Bertz CT molecular complexity index is 1010. The Balaban J connectivity index is 1.46. The molecule has 0 bridgehead atoms. The van der Waals surface area contributed by atoms with Crippen molar-refractivity contribution in [3.63, 3.8) is 0 Å². The lowest BCUT2D eigenvalue weighted by molar-refractivity contribution is 0.102. The number of anilines is 2. The van der Waals surface area contributed by atoms with E-state index in [2.05, 4.69) is 15.7 Å². The van der Waals surface area contributed by atoms with E-state index in [-0.39, 0.29) is 17.2 Å². The molecule has 1 fully saturated rings. The van der Waals surface area contributed by atoms with Crippen LogP contribution < -0.4 is 10.6 Å². The topological polar surface area (TPSA) is 59.0 Å². The Morgan fingerprint density at radius 3 is 2.78 bits per heavy atom. The van der Waals surface area contributed by atoms with Crippen molar-refractivity contribution in [3.05, 3.63) is 58.4 Å². The first kappa shape index (κ1) is 16.2. The Hall–Kier alpha value is -2.96. The van der Waals surface area contributed by atoms with E-state index >= 15 is 0 Å². The van der Waals surface area contributed by atoms with E-state index < -0.39 is 6.43 Å². The molecule has 0 atom stereocenters. The summed E-state index contributed by atoms with van der Waals surface area (Å²) in [6, 6.07) is 5.91. The summed E-state index contributed by atoms with van der Waals surface area (Å²) in [7, 11) is 0. The monoisotopic (exact) mass is 368 g/mol. The molecule has 3 aliphatic rings. The molecular formula is C20H18F2N4O. The molecule has 7 heteroatoms. The molecule has 2 heterocycles. The third-order valence-electron chi connectivity index (χ3n) is 5.26. The van der Waals surface area contributed by atoms with Crippen molar-refractivity contribution in [3.8, 4) is 0 Å². The van der Waals surface area contributed by atoms with Gasteiger partial charge < -0.3 is 10.6 Å². The van der Waals surface area contributed by atoms with Crippen LogP contribution in [-0.4, -0.2) is 22.1 Å². The van der Waals surface area contributed by atoms with Crippen LogP contribution in [0, 0.1) is 0 Å². The van der Waals surface area contributed by atoms with Gasteiger partial charge in [-0.2, -0.15) is 5.10 Å².